The maximum Gasteiger partial charge on any atom is 0.124 e. The standard InChI is InChI=1S/C10H10N2O/c1-7-8(3-5-13)9-2-4-11-6-10(9)12-7/h2,4-6,12H,3H2,1H3. The smallest absolute Gasteiger partial charge is 0.124 e. The fourth-order valence-electron chi connectivity index (χ4n) is 1.58. The minimum Gasteiger partial charge on any atom is -0.357 e. The summed E-state index contributed by atoms with van der Waals surface area (Å²) in [5.74, 6) is 0. The second-order valence-electron chi connectivity index (χ2n) is 3.02. The molecule has 0 aromatic carbocycles. The van der Waals surface area contributed by atoms with E-state index in [1.807, 2.05) is 13.0 Å². The third-order valence-electron chi connectivity index (χ3n) is 2.21. The summed E-state index contributed by atoms with van der Waals surface area (Å²) in [7, 11) is 0. The predicted molar refractivity (Wildman–Crippen MR) is 50.6 cm³/mol. The van der Waals surface area contributed by atoms with Gasteiger partial charge in [-0.25, -0.2) is 0 Å². The monoisotopic (exact) mass is 174 g/mol. The van der Waals surface area contributed by atoms with E-state index in [2.05, 4.69) is 9.97 Å². The average molecular weight is 174 g/mol. The number of aldehydes is 1. The molecule has 0 unspecified atom stereocenters. The van der Waals surface area contributed by atoms with Crippen LogP contribution in [0.3, 0.4) is 0 Å². The topological polar surface area (TPSA) is 45.8 Å². The Labute approximate surface area is 75.8 Å². The molecule has 0 bridgehead atoms. The Morgan fingerprint density at radius 1 is 1.62 bits per heavy atom. The van der Waals surface area contributed by atoms with E-state index in [9.17, 15) is 4.79 Å². The molecule has 0 fully saturated rings. The van der Waals surface area contributed by atoms with Gasteiger partial charge in [-0.1, -0.05) is 0 Å². The highest BCUT2D eigenvalue weighted by Crippen LogP contribution is 2.20. The minimum absolute atomic E-state index is 0.468. The Bertz CT molecular complexity index is 445. The molecule has 0 aliphatic carbocycles. The van der Waals surface area contributed by atoms with Crippen molar-refractivity contribution in [2.75, 3.05) is 0 Å². The first-order valence-electron chi connectivity index (χ1n) is 4.17. The molecule has 0 aliphatic heterocycles. The van der Waals surface area contributed by atoms with Gasteiger partial charge in [0.05, 0.1) is 11.7 Å². The summed E-state index contributed by atoms with van der Waals surface area (Å²) in [6.07, 6.45) is 4.91. The number of rotatable bonds is 2. The first-order chi connectivity index (χ1) is 6.33. The number of fused-ring (bicyclic) bond motifs is 1. The van der Waals surface area contributed by atoms with E-state index in [-0.39, 0.29) is 0 Å². The van der Waals surface area contributed by atoms with Crippen molar-refractivity contribution in [3.8, 4) is 0 Å². The molecule has 3 heteroatoms. The number of pyridine rings is 1. The molecule has 0 amide bonds. The van der Waals surface area contributed by atoms with Gasteiger partial charge in [0.15, 0.2) is 0 Å². The van der Waals surface area contributed by atoms with E-state index in [1.165, 1.54) is 0 Å². The molecule has 0 atom stereocenters. The SMILES string of the molecule is Cc1[nH]c2cnccc2c1CC=O. The molecule has 2 heterocycles. The van der Waals surface area contributed by atoms with Crippen LogP contribution in [0.15, 0.2) is 18.5 Å². The van der Waals surface area contributed by atoms with Crippen molar-refractivity contribution in [3.05, 3.63) is 29.7 Å². The van der Waals surface area contributed by atoms with Crippen LogP contribution in [0, 0.1) is 6.92 Å². The molecule has 2 aromatic heterocycles. The number of aromatic nitrogens is 2. The molecular weight excluding hydrogens is 164 g/mol. The van der Waals surface area contributed by atoms with Crippen LogP contribution in [-0.4, -0.2) is 16.3 Å². The fourth-order valence-corrected chi connectivity index (χ4v) is 1.58. The van der Waals surface area contributed by atoms with Crippen LogP contribution in [0.4, 0.5) is 0 Å². The number of nitrogens with zero attached hydrogens (tertiary/aromatic N) is 1. The van der Waals surface area contributed by atoms with Gasteiger partial charge in [-0.15, -0.1) is 0 Å². The van der Waals surface area contributed by atoms with Crippen LogP contribution < -0.4 is 0 Å². The van der Waals surface area contributed by atoms with Crippen molar-refractivity contribution in [1.29, 1.82) is 0 Å². The molecule has 2 aromatic rings. The zero-order valence-corrected chi connectivity index (χ0v) is 7.37. The van der Waals surface area contributed by atoms with Crippen LogP contribution in [0.5, 0.6) is 0 Å². The van der Waals surface area contributed by atoms with Gasteiger partial charge in [0, 0.05) is 23.7 Å². The van der Waals surface area contributed by atoms with Crippen molar-refractivity contribution >= 4 is 17.2 Å². The maximum absolute atomic E-state index is 10.4. The van der Waals surface area contributed by atoms with Gasteiger partial charge >= 0.3 is 0 Å². The number of hydrogen-bond donors (Lipinski definition) is 1. The van der Waals surface area contributed by atoms with Crippen LogP contribution in [0.2, 0.25) is 0 Å². The summed E-state index contributed by atoms with van der Waals surface area (Å²) in [6, 6.07) is 1.93. The van der Waals surface area contributed by atoms with Crippen molar-refractivity contribution in [2.24, 2.45) is 0 Å². The zero-order chi connectivity index (χ0) is 9.26. The summed E-state index contributed by atoms with van der Waals surface area (Å²) >= 11 is 0. The van der Waals surface area contributed by atoms with E-state index in [4.69, 9.17) is 0 Å². The quantitative estimate of drug-likeness (QED) is 0.703. The minimum atomic E-state index is 0.468. The number of nitrogens with one attached hydrogen (secondary N) is 1. The van der Waals surface area contributed by atoms with Crippen LogP contribution >= 0.6 is 0 Å². The van der Waals surface area contributed by atoms with E-state index in [0.717, 1.165) is 28.4 Å². The van der Waals surface area contributed by atoms with Gasteiger partial charge in [0.25, 0.3) is 0 Å². The lowest BCUT2D eigenvalue weighted by Crippen LogP contribution is -1.86. The molecule has 2 rings (SSSR count). The van der Waals surface area contributed by atoms with E-state index in [0.29, 0.717) is 6.42 Å². The van der Waals surface area contributed by atoms with Crippen molar-refractivity contribution in [2.45, 2.75) is 13.3 Å². The van der Waals surface area contributed by atoms with Gasteiger partial charge < -0.3 is 9.78 Å². The largest absolute Gasteiger partial charge is 0.357 e. The molecule has 13 heavy (non-hydrogen) atoms. The van der Waals surface area contributed by atoms with E-state index >= 15 is 0 Å². The van der Waals surface area contributed by atoms with E-state index < -0.39 is 0 Å². The molecule has 0 saturated heterocycles. The molecule has 0 aliphatic rings. The summed E-state index contributed by atoms with van der Waals surface area (Å²) in [4.78, 5) is 17.6. The van der Waals surface area contributed by atoms with Gasteiger partial charge in [0.1, 0.15) is 6.29 Å². The summed E-state index contributed by atoms with van der Waals surface area (Å²) < 4.78 is 0. The highest BCUT2D eigenvalue weighted by molar-refractivity contribution is 5.85. The maximum atomic E-state index is 10.4. The Kier molecular flexibility index (Phi) is 1.85. The van der Waals surface area contributed by atoms with Crippen molar-refractivity contribution in [3.63, 3.8) is 0 Å². The lowest BCUT2D eigenvalue weighted by Gasteiger charge is -1.92. The van der Waals surface area contributed by atoms with Crippen LogP contribution in [-0.2, 0) is 11.2 Å². The third-order valence-corrected chi connectivity index (χ3v) is 2.21. The lowest BCUT2D eigenvalue weighted by atomic mass is 10.1. The third kappa shape index (κ3) is 1.22. The Morgan fingerprint density at radius 2 is 2.46 bits per heavy atom. The van der Waals surface area contributed by atoms with Gasteiger partial charge in [-0.2, -0.15) is 0 Å². The fraction of sp³-hybridized carbons (Fsp3) is 0.200. The number of H-pyrrole nitrogens is 1. The lowest BCUT2D eigenvalue weighted by molar-refractivity contribution is -0.107. The Hall–Kier alpha value is -1.64. The number of carbonyl (C=O) groups is 1. The second kappa shape index (κ2) is 3.01. The Balaban J connectivity index is 2.70. The second-order valence-corrected chi connectivity index (χ2v) is 3.02. The van der Waals surface area contributed by atoms with Gasteiger partial charge in [-0.05, 0) is 18.6 Å². The van der Waals surface area contributed by atoms with Crippen LogP contribution in [0.25, 0.3) is 10.9 Å². The number of hydrogen-bond acceptors (Lipinski definition) is 2. The summed E-state index contributed by atoms with van der Waals surface area (Å²) in [5.41, 5.74) is 3.12. The van der Waals surface area contributed by atoms with Gasteiger partial charge in [-0.3, -0.25) is 4.98 Å². The summed E-state index contributed by atoms with van der Waals surface area (Å²) in [5, 5.41) is 1.10. The molecular formula is C10H10N2O. The highest BCUT2D eigenvalue weighted by Gasteiger charge is 2.06. The number of aryl methyl sites for hydroxylation is 1. The molecule has 0 radical (unpaired) electrons. The zero-order valence-electron chi connectivity index (χ0n) is 7.37. The van der Waals surface area contributed by atoms with Crippen LogP contribution in [0.1, 0.15) is 11.3 Å². The van der Waals surface area contributed by atoms with Gasteiger partial charge in [0.2, 0.25) is 0 Å². The van der Waals surface area contributed by atoms with Crippen molar-refractivity contribution in [1.82, 2.24) is 9.97 Å². The molecule has 3 nitrogen and oxygen atoms in total. The molecule has 0 saturated carbocycles. The van der Waals surface area contributed by atoms with Crippen molar-refractivity contribution < 1.29 is 4.79 Å². The summed E-state index contributed by atoms with van der Waals surface area (Å²) in [6.45, 7) is 1.97. The molecule has 66 valence electrons. The first-order valence-corrected chi connectivity index (χ1v) is 4.17. The predicted octanol–water partition coefficient (Wildman–Crippen LogP) is 1.61. The molecule has 0 spiro atoms. The Morgan fingerprint density at radius 3 is 3.23 bits per heavy atom. The normalized spacial score (nSPS) is 10.5. The molecule has 1 N–H and O–H groups in total. The van der Waals surface area contributed by atoms with E-state index in [1.54, 1.807) is 12.4 Å². The highest BCUT2D eigenvalue weighted by atomic mass is 16.1. The number of aromatic amines is 1. The first kappa shape index (κ1) is 7.98. The number of carbonyl (C=O) groups excluding carboxylic acids is 1. The average Bonchev–Trinajstić information content (AvgIpc) is 2.44.